The summed E-state index contributed by atoms with van der Waals surface area (Å²) in [5.74, 6) is -1.74. The molecule has 0 saturated carbocycles. The zero-order valence-electron chi connectivity index (χ0n) is 7.34. The SMILES string of the molecule is Nc1ccc(C(=O)O)c(OS(=O)O)c1N. The number of aromatic carboxylic acids is 1. The van der Waals surface area contributed by atoms with Crippen molar-refractivity contribution in [3.8, 4) is 5.75 Å². The fraction of sp³-hybridized carbons (Fsp3) is 0. The second kappa shape index (κ2) is 4.15. The summed E-state index contributed by atoms with van der Waals surface area (Å²) < 4.78 is 23.3. The summed E-state index contributed by atoms with van der Waals surface area (Å²) in [5.41, 5.74) is 10.4. The molecule has 0 spiro atoms. The summed E-state index contributed by atoms with van der Waals surface area (Å²) >= 11 is -2.66. The normalized spacial score (nSPS) is 12.1. The van der Waals surface area contributed by atoms with E-state index in [0.29, 0.717) is 0 Å². The number of benzene rings is 1. The predicted molar refractivity (Wildman–Crippen MR) is 53.6 cm³/mol. The Balaban J connectivity index is 3.34. The van der Waals surface area contributed by atoms with Crippen molar-refractivity contribution < 1.29 is 22.8 Å². The smallest absolute Gasteiger partial charge is 0.357 e. The Morgan fingerprint density at radius 2 is 2.00 bits per heavy atom. The summed E-state index contributed by atoms with van der Waals surface area (Å²) in [6, 6.07) is 2.40. The average Bonchev–Trinajstić information content (AvgIpc) is 2.12. The summed E-state index contributed by atoms with van der Waals surface area (Å²) in [4.78, 5) is 10.7. The van der Waals surface area contributed by atoms with Crippen molar-refractivity contribution in [2.24, 2.45) is 0 Å². The molecular formula is C7H8N2O5S. The monoisotopic (exact) mass is 232 g/mol. The van der Waals surface area contributed by atoms with E-state index in [4.69, 9.17) is 21.1 Å². The Labute approximate surface area is 87.1 Å². The van der Waals surface area contributed by atoms with E-state index in [2.05, 4.69) is 4.18 Å². The highest BCUT2D eigenvalue weighted by molar-refractivity contribution is 7.74. The van der Waals surface area contributed by atoms with Gasteiger partial charge in [-0.15, -0.1) is 0 Å². The fourth-order valence-corrected chi connectivity index (χ4v) is 1.27. The molecule has 0 bridgehead atoms. The third kappa shape index (κ3) is 2.36. The van der Waals surface area contributed by atoms with Crippen LogP contribution < -0.4 is 15.7 Å². The molecule has 1 aromatic carbocycles. The first-order valence-electron chi connectivity index (χ1n) is 3.64. The Morgan fingerprint density at radius 1 is 1.40 bits per heavy atom. The van der Waals surface area contributed by atoms with Gasteiger partial charge < -0.3 is 20.8 Å². The van der Waals surface area contributed by atoms with Crippen LogP contribution >= 0.6 is 0 Å². The number of rotatable bonds is 3. The third-order valence-electron chi connectivity index (χ3n) is 1.61. The fourth-order valence-electron chi connectivity index (χ4n) is 0.944. The summed E-state index contributed by atoms with van der Waals surface area (Å²) in [6.45, 7) is 0. The highest BCUT2D eigenvalue weighted by atomic mass is 32.2. The van der Waals surface area contributed by atoms with E-state index in [0.717, 1.165) is 6.07 Å². The van der Waals surface area contributed by atoms with E-state index >= 15 is 0 Å². The first-order chi connectivity index (χ1) is 6.93. The van der Waals surface area contributed by atoms with Crippen LogP contribution in [0.4, 0.5) is 11.4 Å². The molecule has 1 atom stereocenters. The lowest BCUT2D eigenvalue weighted by Crippen LogP contribution is -2.09. The number of nitrogens with two attached hydrogens (primary N) is 2. The quantitative estimate of drug-likeness (QED) is 0.427. The van der Waals surface area contributed by atoms with Gasteiger partial charge in [-0.2, -0.15) is 4.21 Å². The van der Waals surface area contributed by atoms with Crippen molar-refractivity contribution >= 4 is 28.7 Å². The van der Waals surface area contributed by atoms with Crippen LogP contribution in [0.15, 0.2) is 12.1 Å². The minimum atomic E-state index is -2.66. The van der Waals surface area contributed by atoms with Crippen molar-refractivity contribution in [3.63, 3.8) is 0 Å². The van der Waals surface area contributed by atoms with Gasteiger partial charge in [-0.1, -0.05) is 0 Å². The summed E-state index contributed by atoms with van der Waals surface area (Å²) in [6.07, 6.45) is 0. The largest absolute Gasteiger partial charge is 0.478 e. The second-order valence-corrected chi connectivity index (χ2v) is 3.15. The minimum Gasteiger partial charge on any atom is -0.478 e. The van der Waals surface area contributed by atoms with Crippen LogP contribution in [0.25, 0.3) is 0 Å². The molecule has 0 radical (unpaired) electrons. The van der Waals surface area contributed by atoms with E-state index in [9.17, 15) is 9.00 Å². The lowest BCUT2D eigenvalue weighted by Gasteiger charge is -2.09. The van der Waals surface area contributed by atoms with Gasteiger partial charge in [0, 0.05) is 0 Å². The molecule has 0 amide bonds. The number of nitrogen functional groups attached to an aromatic ring is 2. The number of hydrogen-bond acceptors (Lipinski definition) is 5. The molecule has 0 aliphatic carbocycles. The highest BCUT2D eigenvalue weighted by Crippen LogP contribution is 2.32. The Bertz CT molecular complexity index is 434. The Hall–Kier alpha value is -1.80. The van der Waals surface area contributed by atoms with Gasteiger partial charge in [0.2, 0.25) is 0 Å². The number of carboxylic acid groups (broad SMARTS) is 1. The minimum absolute atomic E-state index is 0.0699. The number of carboxylic acids is 1. The van der Waals surface area contributed by atoms with Gasteiger partial charge in [0.25, 0.3) is 0 Å². The molecule has 1 aromatic rings. The molecule has 8 heteroatoms. The maximum Gasteiger partial charge on any atom is 0.357 e. The van der Waals surface area contributed by atoms with Gasteiger partial charge >= 0.3 is 17.3 Å². The molecule has 1 unspecified atom stereocenters. The van der Waals surface area contributed by atoms with Gasteiger partial charge in [-0.3, -0.25) is 4.55 Å². The van der Waals surface area contributed by atoms with E-state index in [1.165, 1.54) is 6.07 Å². The topological polar surface area (TPSA) is 136 Å². The zero-order valence-corrected chi connectivity index (χ0v) is 8.15. The van der Waals surface area contributed by atoms with Gasteiger partial charge in [0.05, 0.1) is 5.69 Å². The third-order valence-corrected chi connectivity index (χ3v) is 1.92. The summed E-state index contributed by atoms with van der Waals surface area (Å²) in [7, 11) is 0. The molecule has 7 nitrogen and oxygen atoms in total. The van der Waals surface area contributed by atoms with Crippen molar-refractivity contribution in [1.82, 2.24) is 0 Å². The van der Waals surface area contributed by atoms with Crippen LogP contribution in [0.5, 0.6) is 5.75 Å². The highest BCUT2D eigenvalue weighted by Gasteiger charge is 2.18. The van der Waals surface area contributed by atoms with Crippen LogP contribution in [0.3, 0.4) is 0 Å². The van der Waals surface area contributed by atoms with Gasteiger partial charge in [-0.25, -0.2) is 4.79 Å². The molecule has 6 N–H and O–H groups in total. The van der Waals surface area contributed by atoms with Crippen LogP contribution in [0.2, 0.25) is 0 Å². The molecule has 0 aromatic heterocycles. The molecule has 0 aliphatic rings. The van der Waals surface area contributed by atoms with Crippen LogP contribution in [-0.2, 0) is 11.4 Å². The van der Waals surface area contributed by atoms with E-state index in [-0.39, 0.29) is 16.9 Å². The molecule has 15 heavy (non-hydrogen) atoms. The van der Waals surface area contributed by atoms with Gasteiger partial charge in [0.15, 0.2) is 5.75 Å². The van der Waals surface area contributed by atoms with Crippen LogP contribution in [0.1, 0.15) is 10.4 Å². The first kappa shape index (κ1) is 11.3. The van der Waals surface area contributed by atoms with Gasteiger partial charge in [-0.05, 0) is 12.1 Å². The van der Waals surface area contributed by atoms with E-state index in [1.807, 2.05) is 0 Å². The maximum atomic E-state index is 10.7. The second-order valence-electron chi connectivity index (χ2n) is 2.55. The molecule has 0 fully saturated rings. The van der Waals surface area contributed by atoms with E-state index in [1.54, 1.807) is 0 Å². The zero-order chi connectivity index (χ0) is 11.6. The number of anilines is 2. The molecule has 0 heterocycles. The lowest BCUT2D eigenvalue weighted by molar-refractivity contribution is 0.0695. The van der Waals surface area contributed by atoms with Crippen molar-refractivity contribution in [2.45, 2.75) is 0 Å². The first-order valence-corrected chi connectivity index (χ1v) is 4.67. The standard InChI is InChI=1S/C7H8N2O5S/c8-4-2-1-3(7(10)11)6(5(4)9)14-15(12)13/h1-2H,8-9H2,(H,10,11)(H,12,13). The molecule has 82 valence electrons. The molecule has 1 rings (SSSR count). The number of hydrogen-bond donors (Lipinski definition) is 4. The Morgan fingerprint density at radius 3 is 2.47 bits per heavy atom. The lowest BCUT2D eigenvalue weighted by atomic mass is 10.1. The predicted octanol–water partition coefficient (Wildman–Crippen LogP) is 0.0647. The molecule has 0 saturated heterocycles. The Kier molecular flexibility index (Phi) is 3.12. The van der Waals surface area contributed by atoms with Gasteiger partial charge in [0.1, 0.15) is 11.3 Å². The van der Waals surface area contributed by atoms with Crippen molar-refractivity contribution in [2.75, 3.05) is 11.5 Å². The van der Waals surface area contributed by atoms with Crippen molar-refractivity contribution in [1.29, 1.82) is 0 Å². The summed E-state index contributed by atoms with van der Waals surface area (Å²) in [5, 5.41) is 8.74. The van der Waals surface area contributed by atoms with Crippen LogP contribution in [-0.4, -0.2) is 19.8 Å². The van der Waals surface area contributed by atoms with Crippen molar-refractivity contribution in [3.05, 3.63) is 17.7 Å². The molecular weight excluding hydrogens is 224 g/mol. The average molecular weight is 232 g/mol. The molecule has 0 aliphatic heterocycles. The maximum absolute atomic E-state index is 10.7. The van der Waals surface area contributed by atoms with E-state index < -0.39 is 23.1 Å². The number of carbonyl (C=O) groups is 1. The van der Waals surface area contributed by atoms with Crippen LogP contribution in [0, 0.1) is 0 Å².